The summed E-state index contributed by atoms with van der Waals surface area (Å²) in [5.74, 6) is -0.129. The van der Waals surface area contributed by atoms with E-state index >= 15 is 0 Å². The number of ether oxygens (including phenoxy) is 1. The summed E-state index contributed by atoms with van der Waals surface area (Å²) in [7, 11) is 2.07. The van der Waals surface area contributed by atoms with Crippen LogP contribution in [0.4, 0.5) is 4.39 Å². The Balaban J connectivity index is 1.93. The van der Waals surface area contributed by atoms with Crippen LogP contribution in [0.3, 0.4) is 0 Å². The second kappa shape index (κ2) is 5.48. The molecule has 0 unspecified atom stereocenters. The highest BCUT2D eigenvalue weighted by molar-refractivity contribution is 5.96. The summed E-state index contributed by atoms with van der Waals surface area (Å²) < 4.78 is 18.6. The first-order valence-corrected chi connectivity index (χ1v) is 6.21. The van der Waals surface area contributed by atoms with Gasteiger partial charge in [-0.1, -0.05) is 0 Å². The summed E-state index contributed by atoms with van der Waals surface area (Å²) in [5.41, 5.74) is 0.309. The Morgan fingerprint density at radius 2 is 2.22 bits per heavy atom. The zero-order valence-corrected chi connectivity index (χ0v) is 10.8. The predicted molar refractivity (Wildman–Crippen MR) is 67.6 cm³/mol. The Morgan fingerprint density at radius 1 is 1.50 bits per heavy atom. The van der Waals surface area contributed by atoms with E-state index in [1.807, 2.05) is 0 Å². The highest BCUT2D eigenvalue weighted by Gasteiger charge is 2.25. The zero-order chi connectivity index (χ0) is 13.1. The lowest BCUT2D eigenvalue weighted by atomic mass is 10.1. The number of nitrogens with zero attached hydrogens (tertiary/aromatic N) is 1. The van der Waals surface area contributed by atoms with Gasteiger partial charge in [0.05, 0.1) is 5.56 Å². The maximum Gasteiger partial charge on any atom is 0.163 e. The lowest BCUT2D eigenvalue weighted by Crippen LogP contribution is -2.26. The number of rotatable bonds is 6. The molecule has 0 N–H and O–H groups in total. The highest BCUT2D eigenvalue weighted by atomic mass is 19.1. The smallest absolute Gasteiger partial charge is 0.163 e. The second-order valence-corrected chi connectivity index (χ2v) is 4.76. The predicted octanol–water partition coefficient (Wildman–Crippen LogP) is 2.50. The molecule has 18 heavy (non-hydrogen) atoms. The van der Waals surface area contributed by atoms with Crippen molar-refractivity contribution in [3.05, 3.63) is 29.6 Å². The van der Waals surface area contributed by atoms with Gasteiger partial charge in [-0.3, -0.25) is 4.79 Å². The van der Waals surface area contributed by atoms with Gasteiger partial charge < -0.3 is 9.64 Å². The third-order valence-corrected chi connectivity index (χ3v) is 3.19. The molecule has 0 heterocycles. The molecule has 4 heteroatoms. The van der Waals surface area contributed by atoms with Gasteiger partial charge in [0.25, 0.3) is 0 Å². The van der Waals surface area contributed by atoms with Crippen molar-refractivity contribution in [3.63, 3.8) is 0 Å². The van der Waals surface area contributed by atoms with Crippen LogP contribution in [0, 0.1) is 5.82 Å². The van der Waals surface area contributed by atoms with Gasteiger partial charge in [0, 0.05) is 12.6 Å². The SMILES string of the molecule is CC(=O)c1cc(F)ccc1OCCN(C)C1CC1. The summed E-state index contributed by atoms with van der Waals surface area (Å²) in [6.45, 7) is 2.75. The summed E-state index contributed by atoms with van der Waals surface area (Å²) in [5, 5.41) is 0. The van der Waals surface area contributed by atoms with Gasteiger partial charge in [-0.05, 0) is 45.0 Å². The summed E-state index contributed by atoms with van der Waals surface area (Å²) in [6, 6.07) is 4.74. The molecule has 1 aromatic carbocycles. The van der Waals surface area contributed by atoms with Crippen molar-refractivity contribution in [2.75, 3.05) is 20.2 Å². The molecule has 1 saturated carbocycles. The van der Waals surface area contributed by atoms with Crippen LogP contribution in [-0.4, -0.2) is 36.9 Å². The quantitative estimate of drug-likeness (QED) is 0.727. The van der Waals surface area contributed by atoms with Crippen LogP contribution in [-0.2, 0) is 0 Å². The number of hydrogen-bond acceptors (Lipinski definition) is 3. The fourth-order valence-corrected chi connectivity index (χ4v) is 1.90. The third kappa shape index (κ3) is 3.29. The highest BCUT2D eigenvalue weighted by Crippen LogP contribution is 2.25. The molecule has 0 aromatic heterocycles. The second-order valence-electron chi connectivity index (χ2n) is 4.76. The van der Waals surface area contributed by atoms with Crippen LogP contribution in [0.5, 0.6) is 5.75 Å². The van der Waals surface area contributed by atoms with Gasteiger partial charge in [0.2, 0.25) is 0 Å². The van der Waals surface area contributed by atoms with Gasteiger partial charge >= 0.3 is 0 Å². The topological polar surface area (TPSA) is 29.5 Å². The molecule has 0 aliphatic heterocycles. The number of carbonyl (C=O) groups is 1. The molecule has 1 fully saturated rings. The van der Waals surface area contributed by atoms with Crippen LogP contribution in [0.2, 0.25) is 0 Å². The van der Waals surface area contributed by atoms with Crippen molar-refractivity contribution < 1.29 is 13.9 Å². The molecule has 0 spiro atoms. The number of carbonyl (C=O) groups excluding carboxylic acids is 1. The van der Waals surface area contributed by atoms with E-state index in [2.05, 4.69) is 11.9 Å². The number of Topliss-reactive ketones (excluding diaryl/α,β-unsaturated/α-hetero) is 1. The number of benzene rings is 1. The first-order chi connectivity index (χ1) is 8.58. The minimum atomic E-state index is -0.414. The van der Waals surface area contributed by atoms with Crippen molar-refractivity contribution in [2.45, 2.75) is 25.8 Å². The number of ketones is 1. The van der Waals surface area contributed by atoms with Crippen molar-refractivity contribution in [3.8, 4) is 5.75 Å². The Labute approximate surface area is 107 Å². The molecular formula is C14H18FNO2. The average molecular weight is 251 g/mol. The minimum Gasteiger partial charge on any atom is -0.491 e. The van der Waals surface area contributed by atoms with Crippen LogP contribution in [0.25, 0.3) is 0 Å². The third-order valence-electron chi connectivity index (χ3n) is 3.19. The molecule has 0 saturated heterocycles. The van der Waals surface area contributed by atoms with Crippen LogP contribution in [0.1, 0.15) is 30.1 Å². The maximum absolute atomic E-state index is 13.1. The summed E-state index contributed by atoms with van der Waals surface area (Å²) in [6.07, 6.45) is 2.51. The molecule has 0 amide bonds. The van der Waals surface area contributed by atoms with E-state index in [0.29, 0.717) is 24.0 Å². The van der Waals surface area contributed by atoms with Crippen molar-refractivity contribution in [1.82, 2.24) is 4.90 Å². The van der Waals surface area contributed by atoms with Gasteiger partial charge in [0.15, 0.2) is 5.78 Å². The Kier molecular flexibility index (Phi) is 3.97. The lowest BCUT2D eigenvalue weighted by Gasteiger charge is -2.16. The Bertz CT molecular complexity index is 443. The van der Waals surface area contributed by atoms with Gasteiger partial charge in [0.1, 0.15) is 18.2 Å². The monoisotopic (exact) mass is 251 g/mol. The molecule has 1 aliphatic rings. The molecular weight excluding hydrogens is 233 g/mol. The van der Waals surface area contributed by atoms with Gasteiger partial charge in [-0.25, -0.2) is 4.39 Å². The largest absolute Gasteiger partial charge is 0.491 e. The average Bonchev–Trinajstić information content (AvgIpc) is 3.14. The molecule has 98 valence electrons. The normalized spacial score (nSPS) is 14.9. The van der Waals surface area contributed by atoms with E-state index < -0.39 is 5.82 Å². The number of hydrogen-bond donors (Lipinski definition) is 0. The molecule has 2 rings (SSSR count). The summed E-state index contributed by atoms with van der Waals surface area (Å²) in [4.78, 5) is 13.6. The lowest BCUT2D eigenvalue weighted by molar-refractivity contribution is 0.101. The van der Waals surface area contributed by atoms with Crippen molar-refractivity contribution >= 4 is 5.78 Å². The van der Waals surface area contributed by atoms with E-state index in [-0.39, 0.29) is 5.78 Å². The fraction of sp³-hybridized carbons (Fsp3) is 0.500. The molecule has 3 nitrogen and oxygen atoms in total. The van der Waals surface area contributed by atoms with Gasteiger partial charge in [-0.2, -0.15) is 0 Å². The van der Waals surface area contributed by atoms with Crippen LogP contribution in [0.15, 0.2) is 18.2 Å². The van der Waals surface area contributed by atoms with E-state index in [1.165, 1.54) is 38.0 Å². The first-order valence-electron chi connectivity index (χ1n) is 6.21. The standard InChI is InChI=1S/C14H18FNO2/c1-10(17)13-9-11(15)3-6-14(13)18-8-7-16(2)12-4-5-12/h3,6,9,12H,4-5,7-8H2,1-2H3. The number of halogens is 1. The molecule has 0 atom stereocenters. The minimum absolute atomic E-state index is 0.181. The van der Waals surface area contributed by atoms with Gasteiger partial charge in [-0.15, -0.1) is 0 Å². The maximum atomic E-state index is 13.1. The number of likely N-dealkylation sites (N-methyl/N-ethyl adjacent to an activating group) is 1. The van der Waals surface area contributed by atoms with E-state index in [4.69, 9.17) is 4.74 Å². The van der Waals surface area contributed by atoms with Crippen molar-refractivity contribution in [1.29, 1.82) is 0 Å². The molecule has 1 aliphatic carbocycles. The fourth-order valence-electron chi connectivity index (χ4n) is 1.90. The van der Waals surface area contributed by atoms with E-state index in [9.17, 15) is 9.18 Å². The Hall–Kier alpha value is -1.42. The van der Waals surface area contributed by atoms with E-state index in [0.717, 1.165) is 6.54 Å². The summed E-state index contributed by atoms with van der Waals surface area (Å²) >= 11 is 0. The van der Waals surface area contributed by atoms with Crippen molar-refractivity contribution in [2.24, 2.45) is 0 Å². The van der Waals surface area contributed by atoms with Crippen LogP contribution < -0.4 is 4.74 Å². The Morgan fingerprint density at radius 3 is 2.83 bits per heavy atom. The van der Waals surface area contributed by atoms with E-state index in [1.54, 1.807) is 0 Å². The molecule has 0 radical (unpaired) electrons. The van der Waals surface area contributed by atoms with Crippen LogP contribution >= 0.6 is 0 Å². The first kappa shape index (κ1) is 13.0. The molecule has 1 aromatic rings. The zero-order valence-electron chi connectivity index (χ0n) is 10.8. The molecule has 0 bridgehead atoms.